The molecule has 1 aliphatic rings. The van der Waals surface area contributed by atoms with Crippen molar-refractivity contribution >= 4 is 11.6 Å². The van der Waals surface area contributed by atoms with Crippen molar-refractivity contribution in [2.24, 2.45) is 5.73 Å². The maximum atomic E-state index is 13.8. The molecule has 1 heterocycles. The second-order valence-corrected chi connectivity index (χ2v) is 5.16. The van der Waals surface area contributed by atoms with Crippen molar-refractivity contribution in [2.45, 2.75) is 12.5 Å². The Morgan fingerprint density at radius 3 is 2.70 bits per heavy atom. The first-order valence-corrected chi connectivity index (χ1v) is 6.59. The molecule has 0 saturated carbocycles. The highest BCUT2D eigenvalue weighted by molar-refractivity contribution is 6.30. The molecule has 0 spiro atoms. The van der Waals surface area contributed by atoms with Crippen LogP contribution in [0.5, 0.6) is 5.75 Å². The van der Waals surface area contributed by atoms with Crippen LogP contribution in [0.2, 0.25) is 5.02 Å². The van der Waals surface area contributed by atoms with E-state index in [9.17, 15) is 8.78 Å². The SMILES string of the molecule is NC(c1ccc(F)cc1F)c1cc(Cl)cc2c1OCC2. The molecule has 3 rings (SSSR count). The molecule has 1 atom stereocenters. The van der Waals surface area contributed by atoms with Crippen molar-refractivity contribution < 1.29 is 13.5 Å². The van der Waals surface area contributed by atoms with E-state index in [-0.39, 0.29) is 5.56 Å². The van der Waals surface area contributed by atoms with Crippen LogP contribution in [-0.4, -0.2) is 6.61 Å². The highest BCUT2D eigenvalue weighted by atomic mass is 35.5. The normalized spacial score (nSPS) is 14.8. The van der Waals surface area contributed by atoms with Crippen LogP contribution in [0.15, 0.2) is 30.3 Å². The number of hydrogen-bond donors (Lipinski definition) is 1. The molecular weight excluding hydrogens is 284 g/mol. The summed E-state index contributed by atoms with van der Waals surface area (Å²) in [5.41, 5.74) is 7.91. The minimum Gasteiger partial charge on any atom is -0.493 e. The summed E-state index contributed by atoms with van der Waals surface area (Å²) in [7, 11) is 0. The Balaban J connectivity index is 2.09. The number of halogens is 3. The van der Waals surface area contributed by atoms with E-state index in [0.29, 0.717) is 22.9 Å². The predicted octanol–water partition coefficient (Wildman–Crippen LogP) is 3.60. The van der Waals surface area contributed by atoms with Gasteiger partial charge in [0.25, 0.3) is 0 Å². The molecule has 104 valence electrons. The van der Waals surface area contributed by atoms with Crippen LogP contribution in [-0.2, 0) is 6.42 Å². The Morgan fingerprint density at radius 2 is 1.95 bits per heavy atom. The zero-order valence-electron chi connectivity index (χ0n) is 10.5. The van der Waals surface area contributed by atoms with Gasteiger partial charge in [0.05, 0.1) is 12.6 Å². The van der Waals surface area contributed by atoms with Crippen molar-refractivity contribution in [3.05, 3.63) is 63.7 Å². The molecule has 20 heavy (non-hydrogen) atoms. The lowest BCUT2D eigenvalue weighted by molar-refractivity contribution is 0.352. The summed E-state index contributed by atoms with van der Waals surface area (Å²) in [4.78, 5) is 0. The first-order chi connectivity index (χ1) is 9.56. The smallest absolute Gasteiger partial charge is 0.131 e. The van der Waals surface area contributed by atoms with Gasteiger partial charge in [0, 0.05) is 28.6 Å². The zero-order chi connectivity index (χ0) is 14.3. The fraction of sp³-hybridized carbons (Fsp3) is 0.200. The van der Waals surface area contributed by atoms with E-state index in [1.165, 1.54) is 12.1 Å². The van der Waals surface area contributed by atoms with Crippen LogP contribution in [0.1, 0.15) is 22.7 Å². The number of rotatable bonds is 2. The summed E-state index contributed by atoms with van der Waals surface area (Å²) < 4.78 is 32.4. The first-order valence-electron chi connectivity index (χ1n) is 6.22. The van der Waals surface area contributed by atoms with Crippen molar-refractivity contribution in [3.63, 3.8) is 0 Å². The van der Waals surface area contributed by atoms with Crippen LogP contribution < -0.4 is 10.5 Å². The van der Waals surface area contributed by atoms with Crippen LogP contribution >= 0.6 is 11.6 Å². The second-order valence-electron chi connectivity index (χ2n) is 4.73. The van der Waals surface area contributed by atoms with Crippen LogP contribution in [0, 0.1) is 11.6 Å². The molecule has 0 bridgehead atoms. The first kappa shape index (κ1) is 13.3. The van der Waals surface area contributed by atoms with Crippen LogP contribution in [0.4, 0.5) is 8.78 Å². The fourth-order valence-electron chi connectivity index (χ4n) is 2.45. The van der Waals surface area contributed by atoms with Gasteiger partial charge in [-0.15, -0.1) is 0 Å². The van der Waals surface area contributed by atoms with Gasteiger partial charge < -0.3 is 10.5 Å². The minimum atomic E-state index is -0.749. The van der Waals surface area contributed by atoms with Gasteiger partial charge in [0.15, 0.2) is 0 Å². The average molecular weight is 296 g/mol. The lowest BCUT2D eigenvalue weighted by Gasteiger charge is -2.17. The molecule has 2 aromatic rings. The molecule has 2 N–H and O–H groups in total. The topological polar surface area (TPSA) is 35.2 Å². The fourth-order valence-corrected chi connectivity index (χ4v) is 2.70. The van der Waals surface area contributed by atoms with Gasteiger partial charge in [0.1, 0.15) is 17.4 Å². The Morgan fingerprint density at radius 1 is 1.15 bits per heavy atom. The van der Waals surface area contributed by atoms with Crippen molar-refractivity contribution in [2.75, 3.05) is 6.61 Å². The third-order valence-corrected chi connectivity index (χ3v) is 3.63. The van der Waals surface area contributed by atoms with Gasteiger partial charge >= 0.3 is 0 Å². The summed E-state index contributed by atoms with van der Waals surface area (Å²) in [6.07, 6.45) is 0.752. The van der Waals surface area contributed by atoms with Crippen molar-refractivity contribution in [1.82, 2.24) is 0 Å². The van der Waals surface area contributed by atoms with E-state index < -0.39 is 17.7 Å². The summed E-state index contributed by atoms with van der Waals surface area (Å²) in [6.45, 7) is 0.557. The highest BCUT2D eigenvalue weighted by Crippen LogP contribution is 2.38. The van der Waals surface area contributed by atoms with E-state index in [2.05, 4.69) is 0 Å². The maximum Gasteiger partial charge on any atom is 0.131 e. The number of fused-ring (bicyclic) bond motifs is 1. The third-order valence-electron chi connectivity index (χ3n) is 3.41. The van der Waals surface area contributed by atoms with Gasteiger partial charge in [-0.05, 0) is 23.8 Å². The zero-order valence-corrected chi connectivity index (χ0v) is 11.3. The lowest BCUT2D eigenvalue weighted by atomic mass is 9.96. The average Bonchev–Trinajstić information content (AvgIpc) is 2.85. The van der Waals surface area contributed by atoms with Gasteiger partial charge in [-0.3, -0.25) is 0 Å². The third kappa shape index (κ3) is 2.25. The lowest BCUT2D eigenvalue weighted by Crippen LogP contribution is -2.15. The number of hydrogen-bond acceptors (Lipinski definition) is 2. The van der Waals surface area contributed by atoms with Gasteiger partial charge in [0.2, 0.25) is 0 Å². The van der Waals surface area contributed by atoms with E-state index in [1.807, 2.05) is 6.07 Å². The quantitative estimate of drug-likeness (QED) is 0.919. The van der Waals surface area contributed by atoms with E-state index in [0.717, 1.165) is 18.1 Å². The summed E-state index contributed by atoms with van der Waals surface area (Å²) >= 11 is 6.06. The molecule has 0 aliphatic carbocycles. The number of benzene rings is 2. The van der Waals surface area contributed by atoms with Gasteiger partial charge in [-0.2, -0.15) is 0 Å². The Bertz CT molecular complexity index is 675. The summed E-state index contributed by atoms with van der Waals surface area (Å²) in [5.74, 6) is -0.652. The summed E-state index contributed by atoms with van der Waals surface area (Å²) in [5, 5.41) is 0.530. The molecule has 0 amide bonds. The molecule has 1 aliphatic heterocycles. The van der Waals surface area contributed by atoms with Gasteiger partial charge in [-0.25, -0.2) is 8.78 Å². The van der Waals surface area contributed by atoms with Crippen LogP contribution in [0.25, 0.3) is 0 Å². The van der Waals surface area contributed by atoms with Crippen molar-refractivity contribution in [1.29, 1.82) is 0 Å². The largest absolute Gasteiger partial charge is 0.493 e. The molecular formula is C15H12ClF2NO. The number of ether oxygens (including phenoxy) is 1. The Kier molecular flexibility index (Phi) is 3.36. The molecule has 0 aromatic heterocycles. The molecule has 0 fully saturated rings. The minimum absolute atomic E-state index is 0.214. The van der Waals surface area contributed by atoms with E-state index >= 15 is 0 Å². The predicted molar refractivity (Wildman–Crippen MR) is 73.0 cm³/mol. The molecule has 2 aromatic carbocycles. The van der Waals surface area contributed by atoms with E-state index in [1.54, 1.807) is 6.07 Å². The van der Waals surface area contributed by atoms with E-state index in [4.69, 9.17) is 22.1 Å². The second kappa shape index (κ2) is 5.04. The Hall–Kier alpha value is -1.65. The van der Waals surface area contributed by atoms with Gasteiger partial charge in [-0.1, -0.05) is 17.7 Å². The monoisotopic (exact) mass is 295 g/mol. The maximum absolute atomic E-state index is 13.8. The molecule has 0 radical (unpaired) electrons. The molecule has 1 unspecified atom stereocenters. The molecule has 5 heteroatoms. The number of nitrogens with two attached hydrogens (primary N) is 1. The summed E-state index contributed by atoms with van der Waals surface area (Å²) in [6, 6.07) is 6.09. The molecule has 0 saturated heterocycles. The highest BCUT2D eigenvalue weighted by Gasteiger charge is 2.24. The van der Waals surface area contributed by atoms with Crippen molar-refractivity contribution in [3.8, 4) is 5.75 Å². The Labute approximate surface area is 120 Å². The standard InChI is InChI=1S/C15H12ClF2NO/c16-9-5-8-3-4-20-15(8)12(6-9)14(19)11-2-1-10(17)7-13(11)18/h1-2,5-7,14H,3-4,19H2. The van der Waals surface area contributed by atoms with Crippen LogP contribution in [0.3, 0.4) is 0 Å². The molecule has 2 nitrogen and oxygen atoms in total.